The van der Waals surface area contributed by atoms with Crippen LogP contribution in [0.1, 0.15) is 51.5 Å². The highest BCUT2D eigenvalue weighted by atomic mass is 35.5. The Bertz CT molecular complexity index is 1350. The zero-order valence-electron chi connectivity index (χ0n) is 24.2. The number of nitrogens with two attached hydrogens (primary N) is 1. The maximum absolute atomic E-state index is 14.2. The van der Waals surface area contributed by atoms with Crippen LogP contribution >= 0.6 is 34.8 Å². The first-order valence-electron chi connectivity index (χ1n) is 14.6. The molecule has 2 saturated heterocycles. The van der Waals surface area contributed by atoms with Crippen LogP contribution in [0.3, 0.4) is 0 Å². The highest BCUT2D eigenvalue weighted by molar-refractivity contribution is 6.36. The van der Waals surface area contributed by atoms with Crippen molar-refractivity contribution in [3.8, 4) is 0 Å². The van der Waals surface area contributed by atoms with E-state index in [1.165, 1.54) is 0 Å². The largest absolute Gasteiger partial charge is 0.396 e. The maximum Gasteiger partial charge on any atom is 0.238 e. The molecule has 2 aromatic rings. The van der Waals surface area contributed by atoms with Crippen molar-refractivity contribution in [3.05, 3.63) is 69.2 Å². The summed E-state index contributed by atoms with van der Waals surface area (Å²) < 4.78 is 0. The summed E-state index contributed by atoms with van der Waals surface area (Å²) in [6, 6.07) is 12.4. The second-order valence-electron chi connectivity index (χ2n) is 12.5. The first-order valence-corrected chi connectivity index (χ1v) is 15.8. The van der Waals surface area contributed by atoms with Gasteiger partial charge in [-0.2, -0.15) is 0 Å². The number of benzene rings is 2. The van der Waals surface area contributed by atoms with Crippen molar-refractivity contribution in [2.75, 3.05) is 37.7 Å². The minimum atomic E-state index is -0.735. The predicted molar refractivity (Wildman–Crippen MR) is 170 cm³/mol. The van der Waals surface area contributed by atoms with E-state index in [9.17, 15) is 14.7 Å². The molecule has 2 atom stereocenters. The number of amides is 2. The summed E-state index contributed by atoms with van der Waals surface area (Å²) in [5.41, 5.74) is 7.92. The standard InChI is InChI=1S/C32H39Cl3N4O3/c1-31(2)10-16-38(17-11-31)32(30(36)42)12-14-37(15-13-32)29(41)25-20-28(24-8-5-22(34)19-26(24)35)39(27(25)9-18-40)23-6-3-21(33)4-7-23/h3-8,19-20,25,27,40H,9-18H2,1-2H3,(H2,36,42). The number of anilines is 1. The van der Waals surface area contributed by atoms with Crippen LogP contribution in [0.2, 0.25) is 15.1 Å². The lowest BCUT2D eigenvalue weighted by Crippen LogP contribution is -2.65. The Labute approximate surface area is 263 Å². The molecule has 7 nitrogen and oxygen atoms in total. The lowest BCUT2D eigenvalue weighted by Gasteiger charge is -2.50. The van der Waals surface area contributed by atoms with Gasteiger partial charge in [-0.15, -0.1) is 0 Å². The molecular formula is C32H39Cl3N4O3. The molecule has 3 N–H and O–H groups in total. The van der Waals surface area contributed by atoms with Gasteiger partial charge in [0.15, 0.2) is 0 Å². The van der Waals surface area contributed by atoms with Crippen LogP contribution in [0.25, 0.3) is 5.70 Å². The smallest absolute Gasteiger partial charge is 0.238 e. The highest BCUT2D eigenvalue weighted by Gasteiger charge is 2.49. The van der Waals surface area contributed by atoms with E-state index in [4.69, 9.17) is 40.5 Å². The van der Waals surface area contributed by atoms with Crippen LogP contribution in [0.5, 0.6) is 0 Å². The van der Waals surface area contributed by atoms with Crippen molar-refractivity contribution in [2.45, 2.75) is 57.5 Å². The number of primary amides is 1. The van der Waals surface area contributed by atoms with E-state index in [-0.39, 0.29) is 29.9 Å². The molecule has 0 spiro atoms. The van der Waals surface area contributed by atoms with Crippen LogP contribution in [0.15, 0.2) is 48.5 Å². The Hall–Kier alpha value is -2.29. The summed E-state index contributed by atoms with van der Waals surface area (Å²) in [4.78, 5) is 33.3. The molecule has 2 unspecified atom stereocenters. The fraction of sp³-hybridized carbons (Fsp3) is 0.500. The molecule has 2 amide bonds. The number of aliphatic hydroxyl groups excluding tert-OH is 1. The number of halogens is 3. The summed E-state index contributed by atoms with van der Waals surface area (Å²) >= 11 is 19.1. The third-order valence-corrected chi connectivity index (χ3v) is 10.2. The third-order valence-electron chi connectivity index (χ3n) is 9.45. The highest BCUT2D eigenvalue weighted by Crippen LogP contribution is 2.44. The van der Waals surface area contributed by atoms with Gasteiger partial charge in [-0.25, -0.2) is 0 Å². The van der Waals surface area contributed by atoms with Gasteiger partial charge >= 0.3 is 0 Å². The van der Waals surface area contributed by atoms with Gasteiger partial charge in [0.25, 0.3) is 0 Å². The van der Waals surface area contributed by atoms with Crippen molar-refractivity contribution in [2.24, 2.45) is 17.1 Å². The number of carbonyl (C=O) groups is 2. The summed E-state index contributed by atoms with van der Waals surface area (Å²) in [5, 5.41) is 11.7. The number of rotatable bonds is 7. The molecule has 10 heteroatoms. The first-order chi connectivity index (χ1) is 20.0. The minimum absolute atomic E-state index is 0.0367. The summed E-state index contributed by atoms with van der Waals surface area (Å²) in [6.07, 6.45) is 5.36. The fourth-order valence-corrected chi connectivity index (χ4v) is 7.42. The number of likely N-dealkylation sites (tertiary alicyclic amines) is 2. The van der Waals surface area contributed by atoms with E-state index >= 15 is 0 Å². The quantitative estimate of drug-likeness (QED) is 0.400. The number of hydrogen-bond donors (Lipinski definition) is 2. The number of carbonyl (C=O) groups excluding carboxylic acids is 2. The normalized spacial score (nSPS) is 24.0. The molecular weight excluding hydrogens is 595 g/mol. The first kappa shape index (κ1) is 31.1. The maximum atomic E-state index is 14.2. The molecule has 0 radical (unpaired) electrons. The second-order valence-corrected chi connectivity index (χ2v) is 13.8. The van der Waals surface area contributed by atoms with E-state index in [2.05, 4.69) is 23.6 Å². The number of piperidine rings is 2. The van der Waals surface area contributed by atoms with Crippen LogP contribution in [0.4, 0.5) is 5.69 Å². The van der Waals surface area contributed by atoms with Crippen molar-refractivity contribution in [1.29, 1.82) is 0 Å². The Kier molecular flexibility index (Phi) is 9.17. The van der Waals surface area contributed by atoms with E-state index in [0.717, 1.165) is 42.9 Å². The molecule has 3 heterocycles. The van der Waals surface area contributed by atoms with Gasteiger partial charge in [0.1, 0.15) is 5.54 Å². The molecule has 3 aliphatic rings. The lowest BCUT2D eigenvalue weighted by molar-refractivity contribution is -0.144. The fourth-order valence-electron chi connectivity index (χ4n) is 6.79. The summed E-state index contributed by atoms with van der Waals surface area (Å²) in [6.45, 7) is 6.97. The SMILES string of the molecule is CC1(C)CCN(C2(C(N)=O)CCN(C(=O)C3C=C(c4ccc(Cl)cc4Cl)N(c4ccc(Cl)cc4)C3CCO)CC2)CC1. The lowest BCUT2D eigenvalue weighted by atomic mass is 9.77. The average molecular weight is 634 g/mol. The van der Waals surface area contributed by atoms with Crippen molar-refractivity contribution < 1.29 is 14.7 Å². The van der Waals surface area contributed by atoms with E-state index in [1.54, 1.807) is 24.3 Å². The Morgan fingerprint density at radius 2 is 1.55 bits per heavy atom. The molecule has 2 aromatic carbocycles. The van der Waals surface area contributed by atoms with Crippen molar-refractivity contribution in [3.63, 3.8) is 0 Å². The van der Waals surface area contributed by atoms with E-state index in [0.29, 0.717) is 47.4 Å². The molecule has 2 fully saturated rings. The van der Waals surface area contributed by atoms with Crippen LogP contribution in [-0.2, 0) is 9.59 Å². The molecule has 5 rings (SSSR count). The second kappa shape index (κ2) is 12.4. The van der Waals surface area contributed by atoms with Gasteiger partial charge < -0.3 is 20.6 Å². The van der Waals surface area contributed by atoms with Crippen LogP contribution < -0.4 is 10.6 Å². The average Bonchev–Trinajstić information content (AvgIpc) is 3.32. The minimum Gasteiger partial charge on any atom is -0.396 e. The Morgan fingerprint density at radius 3 is 2.12 bits per heavy atom. The molecule has 42 heavy (non-hydrogen) atoms. The molecule has 0 saturated carbocycles. The van der Waals surface area contributed by atoms with Crippen LogP contribution in [-0.4, -0.2) is 71.1 Å². The zero-order chi connectivity index (χ0) is 30.2. The van der Waals surface area contributed by atoms with Gasteiger partial charge in [0.2, 0.25) is 11.8 Å². The number of nitrogens with zero attached hydrogens (tertiary/aromatic N) is 3. The topological polar surface area (TPSA) is 90.1 Å². The summed E-state index contributed by atoms with van der Waals surface area (Å²) in [5.74, 6) is -0.876. The zero-order valence-corrected chi connectivity index (χ0v) is 26.4. The van der Waals surface area contributed by atoms with E-state index in [1.807, 2.05) is 29.2 Å². The molecule has 3 aliphatic heterocycles. The number of hydrogen-bond acceptors (Lipinski definition) is 5. The van der Waals surface area contributed by atoms with Gasteiger partial charge in [0.05, 0.1) is 17.0 Å². The van der Waals surface area contributed by atoms with Gasteiger partial charge in [-0.3, -0.25) is 14.5 Å². The third kappa shape index (κ3) is 6.04. The predicted octanol–water partition coefficient (Wildman–Crippen LogP) is 5.84. The molecule has 0 bridgehead atoms. The Morgan fingerprint density at radius 1 is 0.929 bits per heavy atom. The summed E-state index contributed by atoms with van der Waals surface area (Å²) in [7, 11) is 0. The Balaban J connectivity index is 1.43. The molecule has 0 aromatic heterocycles. The van der Waals surface area contributed by atoms with Crippen molar-refractivity contribution >= 4 is 58.0 Å². The molecule has 0 aliphatic carbocycles. The van der Waals surface area contributed by atoms with Gasteiger partial charge in [0, 0.05) is 46.7 Å². The van der Waals surface area contributed by atoms with Crippen LogP contribution in [0, 0.1) is 11.3 Å². The number of aliphatic hydroxyl groups is 1. The van der Waals surface area contributed by atoms with Crippen molar-refractivity contribution in [1.82, 2.24) is 9.80 Å². The van der Waals surface area contributed by atoms with Gasteiger partial charge in [-0.1, -0.05) is 48.7 Å². The monoisotopic (exact) mass is 632 g/mol. The van der Waals surface area contributed by atoms with Gasteiger partial charge in [-0.05, 0) is 99.1 Å². The molecule has 226 valence electrons. The van der Waals surface area contributed by atoms with E-state index < -0.39 is 11.5 Å².